The van der Waals surface area contributed by atoms with Gasteiger partial charge in [-0.25, -0.2) is 0 Å². The van der Waals surface area contributed by atoms with E-state index in [2.05, 4.69) is 0 Å². The summed E-state index contributed by atoms with van der Waals surface area (Å²) in [5.41, 5.74) is 5.21. The summed E-state index contributed by atoms with van der Waals surface area (Å²) in [7, 11) is 0. The van der Waals surface area contributed by atoms with Crippen molar-refractivity contribution in [2.45, 2.75) is 44.2 Å². The van der Waals surface area contributed by atoms with Crippen molar-refractivity contribution in [3.63, 3.8) is 0 Å². The van der Waals surface area contributed by atoms with E-state index in [0.29, 0.717) is 19.5 Å². The van der Waals surface area contributed by atoms with Crippen molar-refractivity contribution in [3.05, 3.63) is 0 Å². The molecular formula is C11H20N2O2. The zero-order chi connectivity index (χ0) is 11.1. The normalized spacial score (nSPS) is 41.1. The summed E-state index contributed by atoms with van der Waals surface area (Å²) in [5.74, 6) is 0.150. The topological polar surface area (TPSA) is 66.6 Å². The van der Waals surface area contributed by atoms with Crippen LogP contribution in [0.3, 0.4) is 0 Å². The van der Waals surface area contributed by atoms with Gasteiger partial charge in [-0.3, -0.25) is 4.79 Å². The van der Waals surface area contributed by atoms with Gasteiger partial charge < -0.3 is 15.7 Å². The molecule has 1 aliphatic heterocycles. The van der Waals surface area contributed by atoms with Crippen molar-refractivity contribution < 1.29 is 9.90 Å². The lowest BCUT2D eigenvalue weighted by molar-refractivity contribution is -0.135. The van der Waals surface area contributed by atoms with E-state index < -0.39 is 5.60 Å². The van der Waals surface area contributed by atoms with Gasteiger partial charge in [-0.2, -0.15) is 0 Å². The summed E-state index contributed by atoms with van der Waals surface area (Å²) in [5, 5.41) is 9.80. The maximum Gasteiger partial charge on any atom is 0.227 e. The smallest absolute Gasteiger partial charge is 0.227 e. The number of rotatable bonds is 1. The molecule has 3 atom stereocenters. The van der Waals surface area contributed by atoms with Crippen LogP contribution in [-0.4, -0.2) is 40.6 Å². The van der Waals surface area contributed by atoms with Gasteiger partial charge in [0.05, 0.1) is 11.5 Å². The van der Waals surface area contributed by atoms with E-state index in [1.807, 2.05) is 0 Å². The molecule has 3 N–H and O–H groups in total. The van der Waals surface area contributed by atoms with Gasteiger partial charge in [0.1, 0.15) is 0 Å². The third-order valence-corrected chi connectivity index (χ3v) is 3.65. The number of β-amino-alcohol motifs (C(OH)–C–C–N with tert-alkyl or cyclic N) is 1. The second-order valence-electron chi connectivity index (χ2n) is 5.21. The predicted molar refractivity (Wildman–Crippen MR) is 57.1 cm³/mol. The van der Waals surface area contributed by atoms with Crippen LogP contribution in [0.2, 0.25) is 0 Å². The summed E-state index contributed by atoms with van der Waals surface area (Å²) in [4.78, 5) is 13.9. The standard InChI is InChI=1S/C11H20N2O2/c1-11(15)5-6-13(7-11)10(14)8-3-2-4-9(8)12/h8-9,15H,2-7,12H2,1H3. The number of nitrogens with two attached hydrogens (primary N) is 1. The first-order valence-electron chi connectivity index (χ1n) is 5.76. The van der Waals surface area contributed by atoms with Crippen molar-refractivity contribution in [2.75, 3.05) is 13.1 Å². The van der Waals surface area contributed by atoms with Crippen LogP contribution >= 0.6 is 0 Å². The molecule has 1 amide bonds. The number of hydrogen-bond acceptors (Lipinski definition) is 3. The van der Waals surface area contributed by atoms with E-state index in [9.17, 15) is 9.90 Å². The third-order valence-electron chi connectivity index (χ3n) is 3.65. The molecule has 1 heterocycles. The zero-order valence-corrected chi connectivity index (χ0v) is 9.28. The minimum atomic E-state index is -0.696. The Morgan fingerprint density at radius 2 is 2.27 bits per heavy atom. The van der Waals surface area contributed by atoms with Crippen LogP contribution < -0.4 is 5.73 Å². The molecule has 0 spiro atoms. The number of hydrogen-bond donors (Lipinski definition) is 2. The highest BCUT2D eigenvalue weighted by Gasteiger charge is 2.39. The molecule has 3 unspecified atom stereocenters. The molecule has 86 valence electrons. The van der Waals surface area contributed by atoms with Gasteiger partial charge in [-0.05, 0) is 26.2 Å². The Morgan fingerprint density at radius 1 is 1.53 bits per heavy atom. The largest absolute Gasteiger partial charge is 0.388 e. The van der Waals surface area contributed by atoms with Crippen molar-refractivity contribution in [2.24, 2.45) is 11.7 Å². The van der Waals surface area contributed by atoms with Crippen LogP contribution in [0.15, 0.2) is 0 Å². The highest BCUT2D eigenvalue weighted by molar-refractivity contribution is 5.80. The van der Waals surface area contributed by atoms with Crippen LogP contribution in [0.5, 0.6) is 0 Å². The third kappa shape index (κ3) is 2.16. The van der Waals surface area contributed by atoms with Crippen LogP contribution in [0.4, 0.5) is 0 Å². The van der Waals surface area contributed by atoms with Crippen LogP contribution in [0.25, 0.3) is 0 Å². The number of nitrogens with zero attached hydrogens (tertiary/aromatic N) is 1. The summed E-state index contributed by atoms with van der Waals surface area (Å²) < 4.78 is 0. The first-order chi connectivity index (χ1) is 6.99. The molecule has 1 saturated carbocycles. The molecule has 1 saturated heterocycles. The van der Waals surface area contributed by atoms with Crippen molar-refractivity contribution in [1.29, 1.82) is 0 Å². The SMILES string of the molecule is CC1(O)CCN(C(=O)C2CCCC2N)C1. The Labute approximate surface area is 90.4 Å². The monoisotopic (exact) mass is 212 g/mol. The Hall–Kier alpha value is -0.610. The molecule has 0 aromatic rings. The number of carbonyl (C=O) groups is 1. The molecular weight excluding hydrogens is 192 g/mol. The molecule has 2 fully saturated rings. The fourth-order valence-electron chi connectivity index (χ4n) is 2.66. The van der Waals surface area contributed by atoms with E-state index in [0.717, 1.165) is 19.3 Å². The highest BCUT2D eigenvalue weighted by Crippen LogP contribution is 2.29. The van der Waals surface area contributed by atoms with Gasteiger partial charge in [0.15, 0.2) is 0 Å². The maximum absolute atomic E-state index is 12.1. The molecule has 1 aliphatic carbocycles. The second kappa shape index (κ2) is 3.76. The maximum atomic E-state index is 12.1. The quantitative estimate of drug-likeness (QED) is 0.647. The van der Waals surface area contributed by atoms with Crippen molar-refractivity contribution in [3.8, 4) is 0 Å². The van der Waals surface area contributed by atoms with Crippen LogP contribution in [0.1, 0.15) is 32.6 Å². The number of amides is 1. The summed E-state index contributed by atoms with van der Waals surface area (Å²) in [6.07, 6.45) is 3.61. The Bertz CT molecular complexity index is 265. The van der Waals surface area contributed by atoms with Crippen LogP contribution in [-0.2, 0) is 4.79 Å². The molecule has 4 heteroatoms. The second-order valence-corrected chi connectivity index (χ2v) is 5.21. The van der Waals surface area contributed by atoms with E-state index in [1.54, 1.807) is 11.8 Å². The molecule has 0 bridgehead atoms. The minimum absolute atomic E-state index is 0.00102. The molecule has 0 aromatic heterocycles. The van der Waals surface area contributed by atoms with Gasteiger partial charge in [0, 0.05) is 19.1 Å². The Balaban J connectivity index is 1.97. The van der Waals surface area contributed by atoms with Gasteiger partial charge >= 0.3 is 0 Å². The van der Waals surface area contributed by atoms with Gasteiger partial charge in [0.25, 0.3) is 0 Å². The Kier molecular flexibility index (Phi) is 2.73. The fraction of sp³-hybridized carbons (Fsp3) is 0.909. The average Bonchev–Trinajstić information content (AvgIpc) is 2.71. The lowest BCUT2D eigenvalue weighted by Crippen LogP contribution is -2.42. The first-order valence-corrected chi connectivity index (χ1v) is 5.76. The van der Waals surface area contributed by atoms with Gasteiger partial charge in [0.2, 0.25) is 5.91 Å². The lowest BCUT2D eigenvalue weighted by atomic mass is 10.0. The highest BCUT2D eigenvalue weighted by atomic mass is 16.3. The van der Waals surface area contributed by atoms with E-state index in [4.69, 9.17) is 5.73 Å². The fourth-order valence-corrected chi connectivity index (χ4v) is 2.66. The minimum Gasteiger partial charge on any atom is -0.388 e. The number of carbonyl (C=O) groups excluding carboxylic acids is 1. The van der Waals surface area contributed by atoms with E-state index >= 15 is 0 Å². The molecule has 0 aromatic carbocycles. The molecule has 0 radical (unpaired) electrons. The van der Waals surface area contributed by atoms with Crippen LogP contribution in [0, 0.1) is 5.92 Å². The molecule has 2 aliphatic rings. The summed E-state index contributed by atoms with van der Waals surface area (Å²) in [6.45, 7) is 2.93. The lowest BCUT2D eigenvalue weighted by Gasteiger charge is -2.24. The average molecular weight is 212 g/mol. The molecule has 2 rings (SSSR count). The zero-order valence-electron chi connectivity index (χ0n) is 9.28. The van der Waals surface area contributed by atoms with E-state index in [1.165, 1.54) is 0 Å². The summed E-state index contributed by atoms with van der Waals surface area (Å²) in [6, 6.07) is 0.0306. The predicted octanol–water partition coefficient (Wildman–Crippen LogP) is 0.0971. The molecule has 4 nitrogen and oxygen atoms in total. The summed E-state index contributed by atoms with van der Waals surface area (Å²) >= 11 is 0. The van der Waals surface area contributed by atoms with Gasteiger partial charge in [-0.15, -0.1) is 0 Å². The number of aliphatic hydroxyl groups is 1. The molecule has 15 heavy (non-hydrogen) atoms. The van der Waals surface area contributed by atoms with Gasteiger partial charge in [-0.1, -0.05) is 6.42 Å². The number of likely N-dealkylation sites (tertiary alicyclic amines) is 1. The van der Waals surface area contributed by atoms with Crippen molar-refractivity contribution >= 4 is 5.91 Å². The van der Waals surface area contributed by atoms with Crippen molar-refractivity contribution in [1.82, 2.24) is 4.90 Å². The van der Waals surface area contributed by atoms with E-state index in [-0.39, 0.29) is 17.9 Å². The Morgan fingerprint density at radius 3 is 2.73 bits per heavy atom. The first kappa shape index (κ1) is 10.9.